The number of carbonyl (C=O) groups is 1. The second kappa shape index (κ2) is 6.28. The summed E-state index contributed by atoms with van der Waals surface area (Å²) in [6.07, 6.45) is 0. The minimum Gasteiger partial charge on any atom is -0.476 e. The maximum absolute atomic E-state index is 10.9. The Hall–Kier alpha value is -1.23. The van der Waals surface area contributed by atoms with E-state index in [4.69, 9.17) is 28.3 Å². The number of hydrogen-bond donors (Lipinski definition) is 1. The molecule has 0 saturated heterocycles. The van der Waals surface area contributed by atoms with Crippen molar-refractivity contribution < 1.29 is 9.90 Å². The second-order valence-corrected chi connectivity index (χ2v) is 5.48. The third kappa shape index (κ3) is 3.62. The normalized spacial score (nSPS) is 10.4. The molecule has 1 heterocycles. The van der Waals surface area contributed by atoms with Gasteiger partial charge in [-0.05, 0) is 23.8 Å². The predicted octanol–water partition coefficient (Wildman–Crippen LogP) is 4.38. The Balaban J connectivity index is 2.14. The first kappa shape index (κ1) is 14.2. The summed E-state index contributed by atoms with van der Waals surface area (Å²) in [6.45, 7) is 0. The topological polar surface area (TPSA) is 50.2 Å². The SMILES string of the molecule is O=C(O)c1nc(SCc2ccccc2Cl)ccc1Cl. The maximum Gasteiger partial charge on any atom is 0.356 e. The molecule has 0 spiro atoms. The van der Waals surface area contributed by atoms with E-state index in [1.807, 2.05) is 24.3 Å². The highest BCUT2D eigenvalue weighted by Crippen LogP contribution is 2.27. The molecule has 0 aliphatic carbocycles. The summed E-state index contributed by atoms with van der Waals surface area (Å²) < 4.78 is 0. The van der Waals surface area contributed by atoms with Gasteiger partial charge in [-0.15, -0.1) is 11.8 Å². The average Bonchev–Trinajstić information content (AvgIpc) is 2.39. The molecule has 0 unspecified atom stereocenters. The zero-order chi connectivity index (χ0) is 13.8. The number of benzene rings is 1. The fourth-order valence-corrected chi connectivity index (χ4v) is 2.76. The summed E-state index contributed by atoms with van der Waals surface area (Å²) in [6, 6.07) is 10.7. The molecule has 6 heteroatoms. The molecule has 0 saturated carbocycles. The molecule has 2 rings (SSSR count). The Morgan fingerprint density at radius 3 is 2.58 bits per heavy atom. The Kier molecular flexibility index (Phi) is 4.69. The van der Waals surface area contributed by atoms with Crippen molar-refractivity contribution in [2.24, 2.45) is 0 Å². The molecule has 0 amide bonds. The van der Waals surface area contributed by atoms with E-state index in [2.05, 4.69) is 4.98 Å². The van der Waals surface area contributed by atoms with Crippen LogP contribution >= 0.6 is 35.0 Å². The Morgan fingerprint density at radius 1 is 1.16 bits per heavy atom. The molecule has 1 aromatic carbocycles. The maximum atomic E-state index is 10.9. The van der Waals surface area contributed by atoms with E-state index in [9.17, 15) is 4.79 Å². The smallest absolute Gasteiger partial charge is 0.356 e. The molecule has 19 heavy (non-hydrogen) atoms. The van der Waals surface area contributed by atoms with Crippen molar-refractivity contribution in [3.8, 4) is 0 Å². The van der Waals surface area contributed by atoms with Gasteiger partial charge in [-0.2, -0.15) is 0 Å². The van der Waals surface area contributed by atoms with Gasteiger partial charge in [-0.1, -0.05) is 41.4 Å². The van der Waals surface area contributed by atoms with Crippen LogP contribution < -0.4 is 0 Å². The van der Waals surface area contributed by atoms with Crippen LogP contribution in [0.5, 0.6) is 0 Å². The highest BCUT2D eigenvalue weighted by atomic mass is 35.5. The number of thioether (sulfide) groups is 1. The van der Waals surface area contributed by atoms with E-state index in [1.165, 1.54) is 17.8 Å². The van der Waals surface area contributed by atoms with Crippen LogP contribution in [0, 0.1) is 0 Å². The number of hydrogen-bond acceptors (Lipinski definition) is 3. The summed E-state index contributed by atoms with van der Waals surface area (Å²) >= 11 is 13.2. The highest BCUT2D eigenvalue weighted by molar-refractivity contribution is 7.98. The van der Waals surface area contributed by atoms with Crippen molar-refractivity contribution in [1.82, 2.24) is 4.98 Å². The van der Waals surface area contributed by atoms with Gasteiger partial charge in [0.15, 0.2) is 5.69 Å². The van der Waals surface area contributed by atoms with Crippen LogP contribution in [0.4, 0.5) is 0 Å². The molecule has 0 aliphatic heterocycles. The van der Waals surface area contributed by atoms with E-state index in [1.54, 1.807) is 6.07 Å². The van der Waals surface area contributed by atoms with Gasteiger partial charge < -0.3 is 5.11 Å². The molecule has 0 bridgehead atoms. The first-order valence-electron chi connectivity index (χ1n) is 5.34. The van der Waals surface area contributed by atoms with Crippen LogP contribution in [0.15, 0.2) is 41.4 Å². The van der Waals surface area contributed by atoms with Crippen molar-refractivity contribution >= 4 is 40.9 Å². The first-order chi connectivity index (χ1) is 9.08. The van der Waals surface area contributed by atoms with Crippen LogP contribution in [-0.4, -0.2) is 16.1 Å². The first-order valence-corrected chi connectivity index (χ1v) is 7.08. The molecule has 0 fully saturated rings. The molecule has 0 aliphatic rings. The number of carboxylic acids is 1. The van der Waals surface area contributed by atoms with Crippen molar-refractivity contribution in [2.45, 2.75) is 10.8 Å². The fraction of sp³-hybridized carbons (Fsp3) is 0.0769. The van der Waals surface area contributed by atoms with Gasteiger partial charge in [0.1, 0.15) is 0 Å². The van der Waals surface area contributed by atoms with E-state index in [0.29, 0.717) is 15.8 Å². The lowest BCUT2D eigenvalue weighted by atomic mass is 10.2. The van der Waals surface area contributed by atoms with E-state index in [0.717, 1.165) is 5.56 Å². The van der Waals surface area contributed by atoms with Crippen LogP contribution in [0.3, 0.4) is 0 Å². The van der Waals surface area contributed by atoms with Gasteiger partial charge in [-0.25, -0.2) is 9.78 Å². The summed E-state index contributed by atoms with van der Waals surface area (Å²) in [5.41, 5.74) is 0.841. The van der Waals surface area contributed by atoms with Crippen molar-refractivity contribution in [3.05, 3.63) is 57.7 Å². The Labute approximate surface area is 124 Å². The van der Waals surface area contributed by atoms with Gasteiger partial charge in [0.2, 0.25) is 0 Å². The van der Waals surface area contributed by atoms with Crippen molar-refractivity contribution in [3.63, 3.8) is 0 Å². The van der Waals surface area contributed by atoms with E-state index >= 15 is 0 Å². The number of aromatic nitrogens is 1. The molecule has 0 radical (unpaired) electrons. The van der Waals surface area contributed by atoms with E-state index < -0.39 is 5.97 Å². The van der Waals surface area contributed by atoms with Crippen LogP contribution in [-0.2, 0) is 5.75 Å². The van der Waals surface area contributed by atoms with Gasteiger partial charge in [0, 0.05) is 10.8 Å². The minimum absolute atomic E-state index is 0.133. The minimum atomic E-state index is -1.13. The number of halogens is 2. The molecule has 98 valence electrons. The quantitative estimate of drug-likeness (QED) is 0.851. The molecule has 1 N–H and O–H groups in total. The summed E-state index contributed by atoms with van der Waals surface area (Å²) in [4.78, 5) is 14.9. The Morgan fingerprint density at radius 2 is 1.89 bits per heavy atom. The van der Waals surface area contributed by atoms with Crippen LogP contribution in [0.2, 0.25) is 10.0 Å². The predicted molar refractivity (Wildman–Crippen MR) is 77.2 cm³/mol. The van der Waals surface area contributed by atoms with Gasteiger partial charge in [0.05, 0.1) is 10.0 Å². The third-order valence-corrected chi connectivity index (χ3v) is 4.01. The summed E-state index contributed by atoms with van der Waals surface area (Å²) in [5, 5.41) is 10.4. The lowest BCUT2D eigenvalue weighted by Crippen LogP contribution is -2.01. The number of carboxylic acid groups (broad SMARTS) is 1. The van der Waals surface area contributed by atoms with Crippen LogP contribution in [0.25, 0.3) is 0 Å². The van der Waals surface area contributed by atoms with Crippen molar-refractivity contribution in [1.29, 1.82) is 0 Å². The number of rotatable bonds is 4. The molecule has 0 atom stereocenters. The third-order valence-electron chi connectivity index (χ3n) is 2.36. The standard InChI is InChI=1S/C13H9Cl2NO2S/c14-9-4-2-1-3-8(9)7-19-11-6-5-10(15)12(16-11)13(17)18/h1-6H,7H2,(H,17,18). The fourth-order valence-electron chi connectivity index (χ4n) is 1.42. The largest absolute Gasteiger partial charge is 0.476 e. The number of nitrogens with zero attached hydrogens (tertiary/aromatic N) is 1. The zero-order valence-electron chi connectivity index (χ0n) is 9.64. The lowest BCUT2D eigenvalue weighted by molar-refractivity contribution is 0.0690. The van der Waals surface area contributed by atoms with Crippen molar-refractivity contribution in [2.75, 3.05) is 0 Å². The molecule has 3 nitrogen and oxygen atoms in total. The van der Waals surface area contributed by atoms with E-state index in [-0.39, 0.29) is 10.7 Å². The Bertz CT molecular complexity index is 619. The number of aromatic carboxylic acids is 1. The summed E-state index contributed by atoms with van der Waals surface area (Å²) in [5.74, 6) is -0.516. The van der Waals surface area contributed by atoms with Gasteiger partial charge in [-0.3, -0.25) is 0 Å². The zero-order valence-corrected chi connectivity index (χ0v) is 12.0. The molecular weight excluding hydrogens is 305 g/mol. The lowest BCUT2D eigenvalue weighted by Gasteiger charge is -2.05. The van der Waals surface area contributed by atoms with Gasteiger partial charge >= 0.3 is 5.97 Å². The highest BCUT2D eigenvalue weighted by Gasteiger charge is 2.12. The van der Waals surface area contributed by atoms with Gasteiger partial charge in [0.25, 0.3) is 0 Å². The molecule has 2 aromatic rings. The number of pyridine rings is 1. The summed E-state index contributed by atoms with van der Waals surface area (Å²) in [7, 11) is 0. The van der Waals surface area contributed by atoms with Crippen LogP contribution in [0.1, 0.15) is 16.1 Å². The molecular formula is C13H9Cl2NO2S. The average molecular weight is 314 g/mol. The second-order valence-electron chi connectivity index (χ2n) is 3.67. The monoisotopic (exact) mass is 313 g/mol. The molecule has 1 aromatic heterocycles.